The van der Waals surface area contributed by atoms with Crippen molar-refractivity contribution < 1.29 is 14.3 Å². The largest absolute Gasteiger partial charge is 0.452 e. The van der Waals surface area contributed by atoms with Gasteiger partial charge < -0.3 is 10.1 Å². The fourth-order valence-electron chi connectivity index (χ4n) is 5.91. The molecule has 4 aliphatic carbocycles. The van der Waals surface area contributed by atoms with Crippen molar-refractivity contribution in [3.63, 3.8) is 0 Å². The first kappa shape index (κ1) is 18.8. The van der Waals surface area contributed by atoms with Crippen LogP contribution in [0.1, 0.15) is 56.8 Å². The Morgan fingerprint density at radius 2 is 1.89 bits per heavy atom. The number of amides is 1. The maximum Gasteiger partial charge on any atom is 0.312 e. The third kappa shape index (κ3) is 3.16. The van der Waals surface area contributed by atoms with Crippen LogP contribution in [0.3, 0.4) is 0 Å². The SMILES string of the molecule is Cc1nn(C)c(C)c1NC(=O)[C@H](C)OC(=O)C12C[C@@H]3C[C@@H](CC(Cl)(C3)C1)C2. The highest BCUT2D eigenvalue weighted by atomic mass is 35.5. The van der Waals surface area contributed by atoms with Gasteiger partial charge in [-0.25, -0.2) is 0 Å². The van der Waals surface area contributed by atoms with E-state index in [-0.39, 0.29) is 16.8 Å². The number of hydrogen-bond acceptors (Lipinski definition) is 4. The number of nitrogens with one attached hydrogen (secondary N) is 1. The number of nitrogens with zero attached hydrogens (tertiary/aromatic N) is 2. The summed E-state index contributed by atoms with van der Waals surface area (Å²) in [7, 11) is 1.83. The molecule has 1 heterocycles. The minimum Gasteiger partial charge on any atom is -0.452 e. The van der Waals surface area contributed by atoms with Gasteiger partial charge in [-0.2, -0.15) is 5.10 Å². The van der Waals surface area contributed by atoms with Gasteiger partial charge in [0, 0.05) is 11.9 Å². The molecular formula is C20H28ClN3O3. The Balaban J connectivity index is 1.44. The summed E-state index contributed by atoms with van der Waals surface area (Å²) in [6.07, 6.45) is 4.74. The van der Waals surface area contributed by atoms with E-state index in [1.54, 1.807) is 11.6 Å². The quantitative estimate of drug-likeness (QED) is 0.627. The second-order valence-electron chi connectivity index (χ2n) is 9.10. The molecule has 2 unspecified atom stereocenters. The molecule has 1 aromatic rings. The molecule has 4 bridgehead atoms. The lowest BCUT2D eigenvalue weighted by Crippen LogP contribution is -2.57. The van der Waals surface area contributed by atoms with E-state index in [0.29, 0.717) is 23.9 Å². The van der Waals surface area contributed by atoms with Gasteiger partial charge in [0.05, 0.1) is 22.5 Å². The minimum atomic E-state index is -0.851. The molecule has 5 atom stereocenters. The van der Waals surface area contributed by atoms with E-state index < -0.39 is 11.5 Å². The van der Waals surface area contributed by atoms with Crippen molar-refractivity contribution in [1.82, 2.24) is 9.78 Å². The van der Waals surface area contributed by atoms with Gasteiger partial charge in [0.25, 0.3) is 5.91 Å². The summed E-state index contributed by atoms with van der Waals surface area (Å²) in [5.41, 5.74) is 1.79. The fraction of sp³-hybridized carbons (Fsp3) is 0.750. The molecule has 1 N–H and O–H groups in total. The predicted octanol–water partition coefficient (Wildman–Crippen LogP) is 3.48. The van der Waals surface area contributed by atoms with Gasteiger partial charge in [-0.05, 0) is 71.1 Å². The molecule has 4 saturated carbocycles. The van der Waals surface area contributed by atoms with Crippen LogP contribution in [0.4, 0.5) is 5.69 Å². The van der Waals surface area contributed by atoms with Gasteiger partial charge in [-0.1, -0.05) is 0 Å². The first-order chi connectivity index (χ1) is 12.6. The van der Waals surface area contributed by atoms with Gasteiger partial charge in [-0.15, -0.1) is 11.6 Å². The highest BCUT2D eigenvalue weighted by molar-refractivity contribution is 6.24. The van der Waals surface area contributed by atoms with E-state index in [4.69, 9.17) is 16.3 Å². The Kier molecular flexibility index (Phi) is 4.33. The average Bonchev–Trinajstić information content (AvgIpc) is 2.78. The summed E-state index contributed by atoms with van der Waals surface area (Å²) >= 11 is 6.81. The molecule has 5 rings (SSSR count). The van der Waals surface area contributed by atoms with Crippen molar-refractivity contribution in [2.45, 2.75) is 70.3 Å². The van der Waals surface area contributed by atoms with E-state index >= 15 is 0 Å². The van der Waals surface area contributed by atoms with Crippen LogP contribution in [-0.4, -0.2) is 32.6 Å². The number of carbonyl (C=O) groups is 2. The Bertz CT molecular complexity index is 789. The van der Waals surface area contributed by atoms with Crippen LogP contribution in [0.25, 0.3) is 0 Å². The molecule has 0 aliphatic heterocycles. The third-order valence-corrected chi connectivity index (χ3v) is 7.28. The molecule has 1 aromatic heterocycles. The molecule has 4 aliphatic rings. The lowest BCUT2D eigenvalue weighted by atomic mass is 9.49. The van der Waals surface area contributed by atoms with E-state index in [2.05, 4.69) is 10.4 Å². The lowest BCUT2D eigenvalue weighted by Gasteiger charge is -2.58. The highest BCUT2D eigenvalue weighted by Crippen LogP contribution is 2.64. The number of anilines is 1. The molecule has 0 radical (unpaired) electrons. The van der Waals surface area contributed by atoms with Gasteiger partial charge in [0.2, 0.25) is 0 Å². The minimum absolute atomic E-state index is 0.246. The summed E-state index contributed by atoms with van der Waals surface area (Å²) < 4.78 is 7.38. The number of aromatic nitrogens is 2. The number of alkyl halides is 1. The van der Waals surface area contributed by atoms with Gasteiger partial charge >= 0.3 is 5.97 Å². The number of aryl methyl sites for hydroxylation is 2. The summed E-state index contributed by atoms with van der Waals surface area (Å²) in [4.78, 5) is 25.4. The van der Waals surface area contributed by atoms with Crippen molar-refractivity contribution >= 4 is 29.2 Å². The van der Waals surface area contributed by atoms with Crippen LogP contribution in [0, 0.1) is 31.1 Å². The number of ether oxygens (including phenoxy) is 1. The summed E-state index contributed by atoms with van der Waals surface area (Å²) in [5, 5.41) is 7.16. The average molecular weight is 394 g/mol. The zero-order valence-corrected chi connectivity index (χ0v) is 17.2. The fourth-order valence-corrected chi connectivity index (χ4v) is 6.60. The van der Waals surface area contributed by atoms with Crippen molar-refractivity contribution in [3.8, 4) is 0 Å². The van der Waals surface area contributed by atoms with Gasteiger partial charge in [0.1, 0.15) is 0 Å². The maximum atomic E-state index is 13.1. The zero-order chi connectivity index (χ0) is 19.6. The Labute approximate surface area is 165 Å². The summed E-state index contributed by atoms with van der Waals surface area (Å²) in [5.74, 6) is 0.457. The maximum absolute atomic E-state index is 13.1. The van der Waals surface area contributed by atoms with E-state index in [1.165, 1.54) is 6.42 Å². The van der Waals surface area contributed by atoms with Crippen LogP contribution < -0.4 is 5.32 Å². The summed E-state index contributed by atoms with van der Waals surface area (Å²) in [6.45, 7) is 5.36. The molecule has 0 spiro atoms. The van der Waals surface area contributed by atoms with Crippen molar-refractivity contribution in [1.29, 1.82) is 0 Å². The zero-order valence-electron chi connectivity index (χ0n) is 16.5. The smallest absolute Gasteiger partial charge is 0.312 e. The van der Waals surface area contributed by atoms with Crippen molar-refractivity contribution in [2.24, 2.45) is 24.3 Å². The van der Waals surface area contributed by atoms with E-state index in [9.17, 15) is 9.59 Å². The van der Waals surface area contributed by atoms with Gasteiger partial charge in [0.15, 0.2) is 6.10 Å². The number of rotatable bonds is 4. The Hall–Kier alpha value is -1.56. The number of halogens is 1. The molecule has 6 nitrogen and oxygen atoms in total. The topological polar surface area (TPSA) is 73.2 Å². The monoisotopic (exact) mass is 393 g/mol. The molecule has 27 heavy (non-hydrogen) atoms. The number of esters is 1. The van der Waals surface area contributed by atoms with E-state index in [1.807, 2.05) is 20.9 Å². The highest BCUT2D eigenvalue weighted by Gasteiger charge is 2.61. The first-order valence-electron chi connectivity index (χ1n) is 9.82. The first-order valence-corrected chi connectivity index (χ1v) is 10.2. The standard InChI is InChI=1S/C20H28ClN3O3/c1-11-16(12(2)24(4)23-11)22-17(25)13(3)27-18(26)19-6-14-5-15(7-19)9-20(21,8-14)10-19/h13-15H,5-10H2,1-4H3,(H,22,25)/t13-,14-,15+,19?,20?/m0/s1. The molecule has 0 saturated heterocycles. The second kappa shape index (κ2) is 6.23. The molecule has 4 fully saturated rings. The van der Waals surface area contributed by atoms with Crippen LogP contribution >= 0.6 is 11.6 Å². The molecular weight excluding hydrogens is 366 g/mol. The van der Waals surface area contributed by atoms with Crippen LogP contribution in [0.15, 0.2) is 0 Å². The van der Waals surface area contributed by atoms with Crippen molar-refractivity contribution in [2.75, 3.05) is 5.32 Å². The molecule has 148 valence electrons. The number of carbonyl (C=O) groups excluding carboxylic acids is 2. The molecule has 0 aromatic carbocycles. The predicted molar refractivity (Wildman–Crippen MR) is 103 cm³/mol. The van der Waals surface area contributed by atoms with Crippen LogP contribution in [-0.2, 0) is 21.4 Å². The number of hydrogen-bond donors (Lipinski definition) is 1. The Morgan fingerprint density at radius 3 is 2.41 bits per heavy atom. The molecule has 1 amide bonds. The van der Waals surface area contributed by atoms with Crippen LogP contribution in [0.5, 0.6) is 0 Å². The third-order valence-electron chi connectivity index (χ3n) is 6.83. The second-order valence-corrected chi connectivity index (χ2v) is 9.90. The van der Waals surface area contributed by atoms with Gasteiger partial charge in [-0.3, -0.25) is 14.3 Å². The Morgan fingerprint density at radius 1 is 1.26 bits per heavy atom. The molecule has 7 heteroatoms. The lowest BCUT2D eigenvalue weighted by molar-refractivity contribution is -0.176. The van der Waals surface area contributed by atoms with E-state index in [0.717, 1.165) is 37.1 Å². The summed E-state index contributed by atoms with van der Waals surface area (Å²) in [6, 6.07) is 0. The normalized spacial score (nSPS) is 35.1. The van der Waals surface area contributed by atoms with Crippen molar-refractivity contribution in [3.05, 3.63) is 11.4 Å². The van der Waals surface area contributed by atoms with Crippen LogP contribution in [0.2, 0.25) is 0 Å².